The van der Waals surface area contributed by atoms with Gasteiger partial charge in [-0.1, -0.05) is 31.2 Å². The molecule has 0 aromatic heterocycles. The molecule has 134 valence electrons. The van der Waals surface area contributed by atoms with Crippen LogP contribution in [0.5, 0.6) is 11.5 Å². The van der Waals surface area contributed by atoms with Crippen LogP contribution < -0.4 is 14.8 Å². The van der Waals surface area contributed by atoms with E-state index in [9.17, 15) is 5.11 Å². The van der Waals surface area contributed by atoms with Gasteiger partial charge >= 0.3 is 0 Å². The number of benzene rings is 2. The van der Waals surface area contributed by atoms with Gasteiger partial charge in [0.2, 0.25) is 0 Å². The summed E-state index contributed by atoms with van der Waals surface area (Å²) in [5.41, 5.74) is 2.36. The van der Waals surface area contributed by atoms with Gasteiger partial charge in [-0.15, -0.1) is 0 Å². The minimum atomic E-state index is -0.328. The fourth-order valence-electron chi connectivity index (χ4n) is 3.78. The molecule has 2 aromatic rings. The van der Waals surface area contributed by atoms with Crippen molar-refractivity contribution in [1.82, 2.24) is 5.32 Å². The van der Waals surface area contributed by atoms with Crippen molar-refractivity contribution in [2.45, 2.75) is 38.0 Å². The van der Waals surface area contributed by atoms with E-state index < -0.39 is 0 Å². The Labute approximate surface area is 149 Å². The van der Waals surface area contributed by atoms with E-state index in [0.29, 0.717) is 0 Å². The third-order valence-electron chi connectivity index (χ3n) is 5.24. The molecule has 2 aromatic carbocycles. The molecule has 0 unspecified atom stereocenters. The maximum atomic E-state index is 10.7. The van der Waals surface area contributed by atoms with Crippen molar-refractivity contribution in [3.63, 3.8) is 0 Å². The monoisotopic (exact) mass is 341 g/mol. The minimum Gasteiger partial charge on any atom is -0.497 e. The highest BCUT2D eigenvalue weighted by Crippen LogP contribution is 2.39. The lowest BCUT2D eigenvalue weighted by atomic mass is 9.78. The Morgan fingerprint density at radius 2 is 1.44 bits per heavy atom. The summed E-state index contributed by atoms with van der Waals surface area (Å²) < 4.78 is 10.5. The van der Waals surface area contributed by atoms with E-state index >= 15 is 0 Å². The van der Waals surface area contributed by atoms with Crippen LogP contribution in [0, 0.1) is 5.92 Å². The Morgan fingerprint density at radius 3 is 1.92 bits per heavy atom. The summed E-state index contributed by atoms with van der Waals surface area (Å²) in [6.45, 7) is 2.14. The van der Waals surface area contributed by atoms with Gasteiger partial charge in [0.15, 0.2) is 0 Å². The fourth-order valence-corrected chi connectivity index (χ4v) is 3.78. The summed E-state index contributed by atoms with van der Waals surface area (Å²) >= 11 is 0. The van der Waals surface area contributed by atoms with Crippen LogP contribution in [0.3, 0.4) is 0 Å². The summed E-state index contributed by atoms with van der Waals surface area (Å²) in [5.74, 6) is 1.89. The lowest BCUT2D eigenvalue weighted by Crippen LogP contribution is -2.44. The Kier molecular flexibility index (Phi) is 5.61. The largest absolute Gasteiger partial charge is 0.497 e. The van der Waals surface area contributed by atoms with E-state index in [1.165, 1.54) is 11.1 Å². The predicted octanol–water partition coefficient (Wildman–Crippen LogP) is 3.87. The summed E-state index contributed by atoms with van der Waals surface area (Å²) in [6.07, 6.45) is 1.32. The summed E-state index contributed by atoms with van der Waals surface area (Å²) in [7, 11) is 3.34. The molecule has 1 heterocycles. The predicted molar refractivity (Wildman–Crippen MR) is 99.0 cm³/mol. The van der Waals surface area contributed by atoms with Crippen molar-refractivity contribution in [1.29, 1.82) is 0 Å². The number of aliphatic hydroxyl groups excluding tert-OH is 1. The number of nitrogens with one attached hydrogen (secondary N) is 1. The Bertz CT molecular complexity index is 669. The lowest BCUT2D eigenvalue weighted by molar-refractivity contribution is 0.0290. The number of methoxy groups -OCH3 is 2. The van der Waals surface area contributed by atoms with Gasteiger partial charge in [-0.2, -0.15) is 0 Å². The second-order valence-electron chi connectivity index (χ2n) is 6.62. The molecule has 4 heteroatoms. The van der Waals surface area contributed by atoms with E-state index in [-0.39, 0.29) is 24.1 Å². The zero-order chi connectivity index (χ0) is 17.8. The Balaban J connectivity index is 1.85. The van der Waals surface area contributed by atoms with E-state index in [1.54, 1.807) is 14.2 Å². The highest BCUT2D eigenvalue weighted by atomic mass is 16.5. The molecule has 1 aliphatic heterocycles. The average molecular weight is 341 g/mol. The highest BCUT2D eigenvalue weighted by Gasteiger charge is 2.36. The topological polar surface area (TPSA) is 50.7 Å². The number of ether oxygens (including phenoxy) is 2. The molecule has 4 atom stereocenters. The van der Waals surface area contributed by atoms with E-state index in [4.69, 9.17) is 9.47 Å². The van der Waals surface area contributed by atoms with Crippen LogP contribution in [0.15, 0.2) is 48.5 Å². The highest BCUT2D eigenvalue weighted by molar-refractivity contribution is 5.33. The van der Waals surface area contributed by atoms with Crippen molar-refractivity contribution >= 4 is 0 Å². The molecule has 4 nitrogen and oxygen atoms in total. The van der Waals surface area contributed by atoms with Gasteiger partial charge in [0, 0.05) is 18.0 Å². The minimum absolute atomic E-state index is 0.117. The number of piperidine rings is 1. The van der Waals surface area contributed by atoms with Gasteiger partial charge in [-0.3, -0.25) is 0 Å². The number of aliphatic hydroxyl groups is 1. The number of hydrogen-bond donors (Lipinski definition) is 2. The molecule has 0 saturated carbocycles. The Hall–Kier alpha value is -2.04. The van der Waals surface area contributed by atoms with Gasteiger partial charge < -0.3 is 19.9 Å². The van der Waals surface area contributed by atoms with Crippen molar-refractivity contribution in [3.05, 3.63) is 59.7 Å². The molecule has 0 amide bonds. The third-order valence-corrected chi connectivity index (χ3v) is 5.24. The van der Waals surface area contributed by atoms with Crippen molar-refractivity contribution < 1.29 is 14.6 Å². The van der Waals surface area contributed by atoms with E-state index in [0.717, 1.165) is 24.3 Å². The van der Waals surface area contributed by atoms with Gasteiger partial charge in [0.05, 0.1) is 20.3 Å². The lowest BCUT2D eigenvalue weighted by Gasteiger charge is -2.41. The average Bonchev–Trinajstić information content (AvgIpc) is 2.67. The molecule has 1 aliphatic rings. The molecule has 2 N–H and O–H groups in total. The first-order valence-electron chi connectivity index (χ1n) is 8.88. The maximum absolute atomic E-state index is 10.7. The Morgan fingerprint density at radius 1 is 0.920 bits per heavy atom. The molecule has 25 heavy (non-hydrogen) atoms. The van der Waals surface area contributed by atoms with Crippen LogP contribution in [0.4, 0.5) is 0 Å². The molecule has 0 bridgehead atoms. The van der Waals surface area contributed by atoms with Gasteiger partial charge in [0.25, 0.3) is 0 Å². The quantitative estimate of drug-likeness (QED) is 0.867. The number of hydrogen-bond acceptors (Lipinski definition) is 4. The first-order chi connectivity index (χ1) is 12.2. The van der Waals surface area contributed by atoms with Gasteiger partial charge in [-0.05, 0) is 48.2 Å². The standard InChI is InChI=1S/C21H27NO3/c1-4-18-20(23)13-19(14-5-9-16(24-2)10-6-14)22-21(18)15-7-11-17(25-3)12-8-15/h5-12,18-23H,4,13H2,1-3H3/t18-,19+,20+,21-/m1/s1. The fraction of sp³-hybridized carbons (Fsp3) is 0.429. The first-order valence-corrected chi connectivity index (χ1v) is 8.88. The van der Waals surface area contributed by atoms with Crippen molar-refractivity contribution in [2.24, 2.45) is 5.92 Å². The van der Waals surface area contributed by atoms with Crippen LogP contribution in [-0.4, -0.2) is 25.4 Å². The van der Waals surface area contributed by atoms with E-state index in [1.807, 2.05) is 24.3 Å². The SMILES string of the molecule is CC[C@H]1[C@@H](c2ccc(OC)cc2)N[C@H](c2ccc(OC)cc2)C[C@@H]1O. The molecule has 0 aliphatic carbocycles. The summed E-state index contributed by atoms with van der Waals surface area (Å²) in [6, 6.07) is 16.4. The third kappa shape index (κ3) is 3.80. The van der Waals surface area contributed by atoms with Crippen LogP contribution in [-0.2, 0) is 0 Å². The zero-order valence-corrected chi connectivity index (χ0v) is 15.1. The molecule has 0 spiro atoms. The van der Waals surface area contributed by atoms with E-state index in [2.05, 4.69) is 36.5 Å². The van der Waals surface area contributed by atoms with Crippen LogP contribution in [0.2, 0.25) is 0 Å². The van der Waals surface area contributed by atoms with Crippen LogP contribution >= 0.6 is 0 Å². The molecular weight excluding hydrogens is 314 g/mol. The normalized spacial score (nSPS) is 26.2. The van der Waals surface area contributed by atoms with Crippen LogP contribution in [0.25, 0.3) is 0 Å². The molecule has 0 radical (unpaired) electrons. The second-order valence-corrected chi connectivity index (χ2v) is 6.62. The molecular formula is C21H27NO3. The van der Waals surface area contributed by atoms with Crippen LogP contribution in [0.1, 0.15) is 43.0 Å². The second kappa shape index (κ2) is 7.89. The first kappa shape index (κ1) is 17.8. The summed E-state index contributed by atoms with van der Waals surface area (Å²) in [5, 5.41) is 14.5. The maximum Gasteiger partial charge on any atom is 0.118 e. The molecule has 1 fully saturated rings. The smallest absolute Gasteiger partial charge is 0.118 e. The zero-order valence-electron chi connectivity index (χ0n) is 15.1. The molecule has 1 saturated heterocycles. The summed E-state index contributed by atoms with van der Waals surface area (Å²) in [4.78, 5) is 0. The number of rotatable bonds is 5. The molecule has 3 rings (SSSR count). The van der Waals surface area contributed by atoms with Crippen molar-refractivity contribution in [3.8, 4) is 11.5 Å². The van der Waals surface area contributed by atoms with Gasteiger partial charge in [0.1, 0.15) is 11.5 Å². The van der Waals surface area contributed by atoms with Gasteiger partial charge in [-0.25, -0.2) is 0 Å². The van der Waals surface area contributed by atoms with Crippen molar-refractivity contribution in [2.75, 3.05) is 14.2 Å².